The number of amides is 1. The molecule has 0 atom stereocenters. The van der Waals surface area contributed by atoms with Gasteiger partial charge in [0.25, 0.3) is 5.91 Å². The normalized spacial score (nSPS) is 10.5. The number of hydrogen-bond donors (Lipinski definition) is 1. The summed E-state index contributed by atoms with van der Waals surface area (Å²) in [4.78, 5) is 18.8. The summed E-state index contributed by atoms with van der Waals surface area (Å²) < 4.78 is 5.21. The summed E-state index contributed by atoms with van der Waals surface area (Å²) in [5.74, 6) is 1.48. The van der Waals surface area contributed by atoms with Crippen LogP contribution in [0.2, 0.25) is 0 Å². The second-order valence-electron chi connectivity index (χ2n) is 5.15. The van der Waals surface area contributed by atoms with E-state index in [2.05, 4.69) is 29.0 Å². The van der Waals surface area contributed by atoms with Crippen LogP contribution in [0.4, 0.5) is 5.82 Å². The van der Waals surface area contributed by atoms with Crippen molar-refractivity contribution < 1.29 is 9.21 Å². The predicted molar refractivity (Wildman–Crippen MR) is 86.9 cm³/mol. The van der Waals surface area contributed by atoms with Gasteiger partial charge in [0, 0.05) is 24.8 Å². The number of nitrogens with one attached hydrogen (secondary N) is 1. The van der Waals surface area contributed by atoms with E-state index in [1.54, 1.807) is 24.6 Å². The van der Waals surface area contributed by atoms with E-state index >= 15 is 0 Å². The highest BCUT2D eigenvalue weighted by molar-refractivity contribution is 5.94. The smallest absolute Gasteiger partial charge is 0.251 e. The zero-order valence-electron chi connectivity index (χ0n) is 13.2. The summed E-state index contributed by atoms with van der Waals surface area (Å²) in [5.41, 5.74) is 0.619. The van der Waals surface area contributed by atoms with Crippen LogP contribution in [0.25, 0.3) is 0 Å². The standard InChI is InChI=1S/C17H23N3O2/c1-3-9-20(10-4-2)16-12-14(7-8-18-16)17(21)19-13-15-6-5-11-22-15/h5-8,11-12H,3-4,9-10,13H2,1-2H3,(H,19,21). The van der Waals surface area contributed by atoms with Crippen LogP contribution in [0.15, 0.2) is 41.1 Å². The second-order valence-corrected chi connectivity index (χ2v) is 5.15. The van der Waals surface area contributed by atoms with Crippen LogP contribution in [0.1, 0.15) is 42.8 Å². The van der Waals surface area contributed by atoms with Gasteiger partial charge in [-0.2, -0.15) is 0 Å². The molecule has 0 radical (unpaired) electrons. The van der Waals surface area contributed by atoms with Gasteiger partial charge in [-0.05, 0) is 37.1 Å². The Morgan fingerprint density at radius 2 is 2.05 bits per heavy atom. The average molecular weight is 301 g/mol. The quantitative estimate of drug-likeness (QED) is 0.813. The molecule has 2 heterocycles. The molecule has 0 saturated carbocycles. The molecule has 1 N–H and O–H groups in total. The molecule has 0 aromatic carbocycles. The monoisotopic (exact) mass is 301 g/mol. The number of nitrogens with zero attached hydrogens (tertiary/aromatic N) is 2. The Hall–Kier alpha value is -2.30. The van der Waals surface area contributed by atoms with Gasteiger partial charge in [0.15, 0.2) is 0 Å². The van der Waals surface area contributed by atoms with Crippen molar-refractivity contribution in [2.75, 3.05) is 18.0 Å². The third-order valence-electron chi connectivity index (χ3n) is 3.32. The van der Waals surface area contributed by atoms with Crippen molar-refractivity contribution in [1.29, 1.82) is 0 Å². The van der Waals surface area contributed by atoms with E-state index in [1.165, 1.54) is 0 Å². The SMILES string of the molecule is CCCN(CCC)c1cc(C(=O)NCc2ccco2)ccn1. The first kappa shape index (κ1) is 16.1. The van der Waals surface area contributed by atoms with Crippen LogP contribution in [-0.2, 0) is 6.54 Å². The summed E-state index contributed by atoms with van der Waals surface area (Å²) in [5, 5.41) is 2.85. The van der Waals surface area contributed by atoms with Crippen molar-refractivity contribution in [3.8, 4) is 0 Å². The average Bonchev–Trinajstić information content (AvgIpc) is 3.06. The maximum atomic E-state index is 12.2. The van der Waals surface area contributed by atoms with Crippen LogP contribution in [0, 0.1) is 0 Å². The number of rotatable bonds is 8. The fourth-order valence-corrected chi connectivity index (χ4v) is 2.30. The van der Waals surface area contributed by atoms with E-state index in [4.69, 9.17) is 4.42 Å². The topological polar surface area (TPSA) is 58.4 Å². The Bertz CT molecular complexity index is 575. The van der Waals surface area contributed by atoms with Gasteiger partial charge in [-0.15, -0.1) is 0 Å². The van der Waals surface area contributed by atoms with Crippen LogP contribution >= 0.6 is 0 Å². The van der Waals surface area contributed by atoms with Crippen LogP contribution < -0.4 is 10.2 Å². The van der Waals surface area contributed by atoms with E-state index in [9.17, 15) is 4.79 Å². The van der Waals surface area contributed by atoms with Gasteiger partial charge in [0.1, 0.15) is 11.6 Å². The zero-order chi connectivity index (χ0) is 15.8. The third kappa shape index (κ3) is 4.35. The summed E-state index contributed by atoms with van der Waals surface area (Å²) in [6.07, 6.45) is 5.39. The Morgan fingerprint density at radius 1 is 1.27 bits per heavy atom. The number of anilines is 1. The molecular formula is C17H23N3O2. The largest absolute Gasteiger partial charge is 0.467 e. The Morgan fingerprint density at radius 3 is 2.68 bits per heavy atom. The van der Waals surface area contributed by atoms with Crippen molar-refractivity contribution >= 4 is 11.7 Å². The highest BCUT2D eigenvalue weighted by Gasteiger charge is 2.11. The molecule has 0 spiro atoms. The van der Waals surface area contributed by atoms with Crippen molar-refractivity contribution in [2.45, 2.75) is 33.2 Å². The number of pyridine rings is 1. The molecule has 0 aliphatic rings. The van der Waals surface area contributed by atoms with Crippen molar-refractivity contribution in [3.63, 3.8) is 0 Å². The molecule has 5 heteroatoms. The summed E-state index contributed by atoms with van der Waals surface area (Å²) in [6.45, 7) is 6.55. The molecule has 2 rings (SSSR count). The zero-order valence-corrected chi connectivity index (χ0v) is 13.2. The molecule has 0 bridgehead atoms. The van der Waals surface area contributed by atoms with Crippen LogP contribution in [0.5, 0.6) is 0 Å². The number of hydrogen-bond acceptors (Lipinski definition) is 4. The first-order valence-electron chi connectivity index (χ1n) is 7.76. The van der Waals surface area contributed by atoms with Gasteiger partial charge in [-0.25, -0.2) is 4.98 Å². The first-order valence-corrected chi connectivity index (χ1v) is 7.76. The highest BCUT2D eigenvalue weighted by atomic mass is 16.3. The summed E-state index contributed by atoms with van der Waals surface area (Å²) in [6, 6.07) is 7.22. The third-order valence-corrected chi connectivity index (χ3v) is 3.32. The molecule has 2 aromatic heterocycles. The maximum absolute atomic E-state index is 12.2. The minimum atomic E-state index is -0.118. The van der Waals surface area contributed by atoms with E-state index in [0.29, 0.717) is 12.1 Å². The Balaban J connectivity index is 2.04. The van der Waals surface area contributed by atoms with Gasteiger partial charge in [-0.1, -0.05) is 13.8 Å². The van der Waals surface area contributed by atoms with E-state index in [-0.39, 0.29) is 5.91 Å². The van der Waals surface area contributed by atoms with Gasteiger partial charge in [0.05, 0.1) is 12.8 Å². The lowest BCUT2D eigenvalue weighted by molar-refractivity contribution is 0.0948. The molecule has 2 aromatic rings. The van der Waals surface area contributed by atoms with Gasteiger partial charge in [-0.3, -0.25) is 4.79 Å². The number of carbonyl (C=O) groups excluding carboxylic acids is 1. The van der Waals surface area contributed by atoms with Gasteiger partial charge in [0.2, 0.25) is 0 Å². The van der Waals surface area contributed by atoms with E-state index in [1.807, 2.05) is 12.1 Å². The Kier molecular flexibility index (Phi) is 6.01. The molecular weight excluding hydrogens is 278 g/mol. The van der Waals surface area contributed by atoms with Crippen LogP contribution in [-0.4, -0.2) is 24.0 Å². The van der Waals surface area contributed by atoms with Crippen molar-refractivity contribution in [3.05, 3.63) is 48.0 Å². The van der Waals surface area contributed by atoms with Gasteiger partial charge < -0.3 is 14.6 Å². The minimum Gasteiger partial charge on any atom is -0.467 e. The fourth-order valence-electron chi connectivity index (χ4n) is 2.30. The molecule has 0 fully saturated rings. The number of carbonyl (C=O) groups is 1. The summed E-state index contributed by atoms with van der Waals surface area (Å²) in [7, 11) is 0. The lowest BCUT2D eigenvalue weighted by Gasteiger charge is -2.22. The minimum absolute atomic E-state index is 0.118. The number of aromatic nitrogens is 1. The lowest BCUT2D eigenvalue weighted by Crippen LogP contribution is -2.27. The maximum Gasteiger partial charge on any atom is 0.251 e. The van der Waals surface area contributed by atoms with E-state index in [0.717, 1.165) is 37.5 Å². The van der Waals surface area contributed by atoms with Crippen molar-refractivity contribution in [1.82, 2.24) is 10.3 Å². The highest BCUT2D eigenvalue weighted by Crippen LogP contribution is 2.14. The fraction of sp³-hybridized carbons (Fsp3) is 0.412. The summed E-state index contributed by atoms with van der Waals surface area (Å²) >= 11 is 0. The molecule has 118 valence electrons. The molecule has 0 aliphatic heterocycles. The first-order chi connectivity index (χ1) is 10.7. The lowest BCUT2D eigenvalue weighted by atomic mass is 10.2. The molecule has 0 aliphatic carbocycles. The van der Waals surface area contributed by atoms with E-state index < -0.39 is 0 Å². The predicted octanol–water partition coefficient (Wildman–Crippen LogP) is 3.23. The Labute approximate surface area is 131 Å². The van der Waals surface area contributed by atoms with Gasteiger partial charge >= 0.3 is 0 Å². The van der Waals surface area contributed by atoms with Crippen molar-refractivity contribution in [2.24, 2.45) is 0 Å². The molecule has 0 unspecified atom stereocenters. The number of furan rings is 1. The molecule has 0 saturated heterocycles. The molecule has 22 heavy (non-hydrogen) atoms. The molecule has 5 nitrogen and oxygen atoms in total. The van der Waals surface area contributed by atoms with Crippen LogP contribution in [0.3, 0.4) is 0 Å². The molecule has 1 amide bonds. The second kappa shape index (κ2) is 8.22.